The van der Waals surface area contributed by atoms with Crippen LogP contribution >= 0.6 is 22.9 Å². The summed E-state index contributed by atoms with van der Waals surface area (Å²) in [5, 5.41) is 11.1. The van der Waals surface area contributed by atoms with Crippen molar-refractivity contribution in [2.24, 2.45) is 0 Å². The molecule has 7 nitrogen and oxygen atoms in total. The lowest BCUT2D eigenvalue weighted by atomic mass is 10.1. The Hall–Kier alpha value is -1.52. The quantitative estimate of drug-likeness (QED) is 0.605. The van der Waals surface area contributed by atoms with E-state index >= 15 is 0 Å². The van der Waals surface area contributed by atoms with Crippen molar-refractivity contribution in [3.63, 3.8) is 0 Å². The molecule has 0 amide bonds. The maximum Gasteiger partial charge on any atom is 0.278 e. The van der Waals surface area contributed by atoms with Crippen molar-refractivity contribution in [1.29, 1.82) is 0 Å². The van der Waals surface area contributed by atoms with Crippen LogP contribution in [0.5, 0.6) is 0 Å². The van der Waals surface area contributed by atoms with Gasteiger partial charge in [-0.2, -0.15) is 4.31 Å². The molecule has 0 saturated carbocycles. The molecule has 0 radical (unpaired) electrons. The van der Waals surface area contributed by atoms with Crippen molar-refractivity contribution in [2.45, 2.75) is 10.8 Å². The highest BCUT2D eigenvalue weighted by Gasteiger charge is 2.32. The Morgan fingerprint density at radius 3 is 2.48 bits per heavy atom. The van der Waals surface area contributed by atoms with E-state index in [4.69, 9.17) is 11.6 Å². The Balaban J connectivity index is 1.66. The van der Waals surface area contributed by atoms with E-state index in [1.54, 1.807) is 24.3 Å². The minimum absolute atomic E-state index is 0.110. The molecule has 0 aliphatic carbocycles. The van der Waals surface area contributed by atoms with E-state index in [1.165, 1.54) is 16.4 Å². The third-order valence-corrected chi connectivity index (χ3v) is 7.80. The van der Waals surface area contributed by atoms with Crippen LogP contribution < -0.4 is 4.90 Å². The molecule has 1 aromatic heterocycles. The highest BCUT2D eigenvalue weighted by Crippen LogP contribution is 2.28. The topological polar surface area (TPSA) is 85.0 Å². The van der Waals surface area contributed by atoms with Crippen molar-refractivity contribution in [1.82, 2.24) is 4.31 Å². The van der Waals surface area contributed by atoms with Gasteiger partial charge in [0.2, 0.25) is 0 Å². The summed E-state index contributed by atoms with van der Waals surface area (Å²) in [5.41, 5.74) is 0.780. The monoisotopic (exact) mass is 402 g/mol. The zero-order valence-corrected chi connectivity index (χ0v) is 15.6. The molecular weight excluding hydrogens is 386 g/mol. The van der Waals surface area contributed by atoms with Gasteiger partial charge in [0, 0.05) is 6.07 Å². The second kappa shape index (κ2) is 7.38. The molecule has 0 unspecified atom stereocenters. The largest absolute Gasteiger partial charge is 0.329 e. The Morgan fingerprint density at radius 2 is 1.88 bits per heavy atom. The van der Waals surface area contributed by atoms with Gasteiger partial charge in [-0.3, -0.25) is 10.1 Å². The van der Waals surface area contributed by atoms with Gasteiger partial charge in [-0.05, 0) is 18.2 Å². The predicted molar refractivity (Wildman–Crippen MR) is 95.6 cm³/mol. The Bertz CT molecular complexity index is 876. The first-order chi connectivity index (χ1) is 11.9. The normalized spacial score (nSPS) is 16.8. The average molecular weight is 403 g/mol. The summed E-state index contributed by atoms with van der Waals surface area (Å²) in [6.07, 6.45) is 0. The number of halogens is 1. The first-order valence-electron chi connectivity index (χ1n) is 7.69. The van der Waals surface area contributed by atoms with E-state index in [2.05, 4.69) is 0 Å². The number of rotatable bonds is 5. The second-order valence-electron chi connectivity index (χ2n) is 5.78. The van der Waals surface area contributed by atoms with Gasteiger partial charge < -0.3 is 4.90 Å². The molecule has 134 valence electrons. The lowest BCUT2D eigenvalue weighted by Gasteiger charge is -2.31. The van der Waals surface area contributed by atoms with Gasteiger partial charge in [0.15, 0.2) is 0 Å². The minimum atomic E-state index is -3.51. The van der Waals surface area contributed by atoms with Gasteiger partial charge >= 0.3 is 0 Å². The maximum absolute atomic E-state index is 12.6. The summed E-state index contributed by atoms with van der Waals surface area (Å²) in [7, 11) is -3.51. The molecule has 10 heteroatoms. The number of nitrogens with zero attached hydrogens (tertiary/aromatic N) is 2. The average Bonchev–Trinajstić information content (AvgIpc) is 3.03. The fourth-order valence-electron chi connectivity index (χ4n) is 2.89. The zero-order valence-electron chi connectivity index (χ0n) is 13.2. The van der Waals surface area contributed by atoms with Crippen molar-refractivity contribution in [2.75, 3.05) is 26.2 Å². The van der Waals surface area contributed by atoms with E-state index in [-0.39, 0.29) is 14.8 Å². The molecular formula is C15H17ClN3O4S2+. The van der Waals surface area contributed by atoms with E-state index in [9.17, 15) is 18.5 Å². The predicted octanol–water partition coefficient (Wildman–Crippen LogP) is 1.40. The standard InChI is InChI=1S/C15H16ClN3O4S2/c16-14-5-6-15(24-14)25(22,23)18-9-7-17(8-10-18)11-12-3-1-2-4-13(12)19(20)21/h1-6H,7-11H2/p+1. The van der Waals surface area contributed by atoms with Crippen LogP contribution in [0.4, 0.5) is 5.69 Å². The number of sulfonamides is 1. The van der Waals surface area contributed by atoms with Gasteiger partial charge in [0.1, 0.15) is 10.8 Å². The van der Waals surface area contributed by atoms with Gasteiger partial charge in [-0.25, -0.2) is 8.42 Å². The smallest absolute Gasteiger partial charge is 0.278 e. The minimum Gasteiger partial charge on any atom is -0.329 e. The fourth-order valence-corrected chi connectivity index (χ4v) is 5.97. The third-order valence-electron chi connectivity index (χ3n) is 4.20. The Morgan fingerprint density at radius 1 is 1.20 bits per heavy atom. The van der Waals surface area contributed by atoms with Crippen LogP contribution in [0, 0.1) is 10.1 Å². The maximum atomic E-state index is 12.6. The number of hydrogen-bond acceptors (Lipinski definition) is 5. The molecule has 3 rings (SSSR count). The molecule has 25 heavy (non-hydrogen) atoms. The number of nitro benzene ring substituents is 1. The highest BCUT2D eigenvalue weighted by molar-refractivity contribution is 7.91. The number of benzene rings is 1. The first-order valence-corrected chi connectivity index (χ1v) is 10.3. The molecule has 2 aromatic rings. The molecule has 0 bridgehead atoms. The lowest BCUT2D eigenvalue weighted by Crippen LogP contribution is -3.13. The first kappa shape index (κ1) is 18.3. The number of hydrogen-bond donors (Lipinski definition) is 1. The van der Waals surface area contributed by atoms with Gasteiger partial charge in [-0.15, -0.1) is 11.3 Å². The van der Waals surface area contributed by atoms with Gasteiger partial charge in [-0.1, -0.05) is 23.7 Å². The van der Waals surface area contributed by atoms with Gasteiger partial charge in [0.25, 0.3) is 15.7 Å². The van der Waals surface area contributed by atoms with E-state index in [0.717, 1.165) is 16.2 Å². The van der Waals surface area contributed by atoms with Crippen LogP contribution in [0.25, 0.3) is 0 Å². The molecule has 1 aromatic carbocycles. The summed E-state index contributed by atoms with van der Waals surface area (Å²) < 4.78 is 27.3. The summed E-state index contributed by atoms with van der Waals surface area (Å²) >= 11 is 6.89. The molecule has 1 saturated heterocycles. The lowest BCUT2D eigenvalue weighted by molar-refractivity contribution is -0.917. The fraction of sp³-hybridized carbons (Fsp3) is 0.333. The van der Waals surface area contributed by atoms with E-state index in [1.807, 2.05) is 0 Å². The van der Waals surface area contributed by atoms with Crippen LogP contribution in [0.15, 0.2) is 40.6 Å². The SMILES string of the molecule is O=[N+]([O-])c1ccccc1C[NH+]1CCN(S(=O)(=O)c2ccc(Cl)s2)CC1. The number of para-hydroxylation sites is 1. The van der Waals surface area contributed by atoms with Crippen molar-refractivity contribution < 1.29 is 18.2 Å². The Labute approximate surface area is 154 Å². The molecule has 1 N–H and O–H groups in total. The van der Waals surface area contributed by atoms with Crippen molar-refractivity contribution in [3.8, 4) is 0 Å². The molecule has 1 aliphatic heterocycles. The molecule has 2 heterocycles. The number of quaternary nitrogens is 1. The summed E-state index contributed by atoms with van der Waals surface area (Å²) in [4.78, 5) is 11.9. The number of nitro groups is 1. The summed E-state index contributed by atoms with van der Waals surface area (Å²) in [6.45, 7) is 2.48. The summed E-state index contributed by atoms with van der Waals surface area (Å²) in [6, 6.07) is 9.78. The number of nitrogens with one attached hydrogen (secondary N) is 1. The van der Waals surface area contributed by atoms with Crippen LogP contribution in [-0.2, 0) is 16.6 Å². The van der Waals surface area contributed by atoms with Crippen LogP contribution in [0.2, 0.25) is 4.34 Å². The molecule has 1 fully saturated rings. The number of thiophene rings is 1. The zero-order chi connectivity index (χ0) is 18.0. The third kappa shape index (κ3) is 4.01. The van der Waals surface area contributed by atoms with Crippen LogP contribution in [-0.4, -0.2) is 43.8 Å². The summed E-state index contributed by atoms with van der Waals surface area (Å²) in [5.74, 6) is 0. The van der Waals surface area contributed by atoms with Crippen molar-refractivity contribution >= 4 is 38.6 Å². The van der Waals surface area contributed by atoms with Gasteiger partial charge in [0.05, 0.1) is 41.0 Å². The van der Waals surface area contributed by atoms with E-state index in [0.29, 0.717) is 42.6 Å². The van der Waals surface area contributed by atoms with Crippen LogP contribution in [0.1, 0.15) is 5.56 Å². The molecule has 0 atom stereocenters. The van der Waals surface area contributed by atoms with E-state index < -0.39 is 10.0 Å². The van der Waals surface area contributed by atoms with Crippen molar-refractivity contribution in [3.05, 3.63) is 56.4 Å². The molecule has 0 spiro atoms. The second-order valence-corrected chi connectivity index (χ2v) is 9.66. The highest BCUT2D eigenvalue weighted by atomic mass is 35.5. The van der Waals surface area contributed by atoms with Crippen LogP contribution in [0.3, 0.4) is 0 Å². The number of piperazine rings is 1. The Kier molecular flexibility index (Phi) is 5.40. The molecule has 1 aliphatic rings.